The molecule has 1 heterocycles. The molecule has 0 aliphatic heterocycles. The fraction of sp³-hybridized carbons (Fsp3) is 0.214. The van der Waals surface area contributed by atoms with E-state index in [2.05, 4.69) is 0 Å². The maximum Gasteiger partial charge on any atom is 0.207 e. The lowest BCUT2D eigenvalue weighted by molar-refractivity contribution is 0.103. The number of carbonyl (C=O) groups excluding carboxylic acids is 1. The minimum absolute atomic E-state index is 0.0399. The minimum Gasteiger partial charge on any atom is -0.495 e. The zero-order valence-electron chi connectivity index (χ0n) is 10.1. The molecule has 0 spiro atoms. The summed E-state index contributed by atoms with van der Waals surface area (Å²) in [6.45, 7) is 3.99. The van der Waals surface area contributed by atoms with Gasteiger partial charge in [0.25, 0.3) is 0 Å². The van der Waals surface area contributed by atoms with E-state index < -0.39 is 0 Å². The van der Waals surface area contributed by atoms with Crippen LogP contribution in [0.3, 0.4) is 0 Å². The van der Waals surface area contributed by atoms with Gasteiger partial charge in [0.15, 0.2) is 0 Å². The van der Waals surface area contributed by atoms with Crippen LogP contribution in [0.1, 0.15) is 26.4 Å². The maximum absolute atomic E-state index is 12.4. The van der Waals surface area contributed by atoms with E-state index in [0.717, 1.165) is 16.7 Å². The van der Waals surface area contributed by atoms with Crippen LogP contribution in [-0.2, 0) is 0 Å². The summed E-state index contributed by atoms with van der Waals surface area (Å²) < 4.78 is 5.19. The topological polar surface area (TPSA) is 26.3 Å². The molecule has 17 heavy (non-hydrogen) atoms. The molecule has 88 valence electrons. The fourth-order valence-corrected chi connectivity index (χ4v) is 2.56. The van der Waals surface area contributed by atoms with Gasteiger partial charge >= 0.3 is 0 Å². The van der Waals surface area contributed by atoms with E-state index in [-0.39, 0.29) is 5.78 Å². The predicted molar refractivity (Wildman–Crippen MR) is 70.2 cm³/mol. The van der Waals surface area contributed by atoms with Crippen LogP contribution in [0.25, 0.3) is 0 Å². The summed E-state index contributed by atoms with van der Waals surface area (Å²) in [5.74, 6) is 0.693. The van der Waals surface area contributed by atoms with Crippen molar-refractivity contribution >= 4 is 17.1 Å². The molecule has 0 aliphatic carbocycles. The van der Waals surface area contributed by atoms with E-state index in [1.54, 1.807) is 7.11 Å². The molecule has 0 saturated heterocycles. The molecule has 1 aromatic carbocycles. The first kappa shape index (κ1) is 11.9. The molecule has 1 aromatic heterocycles. The van der Waals surface area contributed by atoms with Crippen molar-refractivity contribution in [3.63, 3.8) is 0 Å². The number of benzene rings is 1. The fourth-order valence-electron chi connectivity index (χ4n) is 1.74. The highest BCUT2D eigenvalue weighted by Gasteiger charge is 2.18. The van der Waals surface area contributed by atoms with Crippen LogP contribution in [0.15, 0.2) is 29.6 Å². The Labute approximate surface area is 105 Å². The van der Waals surface area contributed by atoms with E-state index >= 15 is 0 Å². The van der Waals surface area contributed by atoms with Gasteiger partial charge in [0.05, 0.1) is 7.11 Å². The lowest BCUT2D eigenvalue weighted by Crippen LogP contribution is -2.04. The zero-order chi connectivity index (χ0) is 12.4. The molecule has 3 heteroatoms. The summed E-state index contributed by atoms with van der Waals surface area (Å²) in [5, 5.41) is 1.87. The zero-order valence-corrected chi connectivity index (χ0v) is 10.9. The van der Waals surface area contributed by atoms with Gasteiger partial charge in [-0.05, 0) is 36.4 Å². The van der Waals surface area contributed by atoms with Crippen LogP contribution >= 0.6 is 11.3 Å². The van der Waals surface area contributed by atoms with Crippen LogP contribution in [-0.4, -0.2) is 12.9 Å². The number of thiophene rings is 1. The number of hydrogen-bond donors (Lipinski definition) is 0. The Hall–Kier alpha value is -1.61. The van der Waals surface area contributed by atoms with Gasteiger partial charge in [-0.1, -0.05) is 18.2 Å². The van der Waals surface area contributed by atoms with Gasteiger partial charge in [0, 0.05) is 5.56 Å². The molecule has 0 bridgehead atoms. The summed E-state index contributed by atoms with van der Waals surface area (Å²) in [5.41, 5.74) is 2.92. The monoisotopic (exact) mass is 246 g/mol. The molecular weight excluding hydrogens is 232 g/mol. The predicted octanol–water partition coefficient (Wildman–Crippen LogP) is 3.60. The standard InChI is InChI=1S/C14H14O2S/c1-9-5-4-6-11(10(9)2)13(15)14-12(16-3)7-8-17-14/h4-8H,1-3H3. The van der Waals surface area contributed by atoms with Crippen molar-refractivity contribution in [2.24, 2.45) is 0 Å². The largest absolute Gasteiger partial charge is 0.495 e. The van der Waals surface area contributed by atoms with Crippen LogP contribution in [0.2, 0.25) is 0 Å². The second-order valence-corrected chi connectivity index (χ2v) is 4.81. The van der Waals surface area contributed by atoms with Gasteiger partial charge in [0.2, 0.25) is 5.78 Å². The number of hydrogen-bond acceptors (Lipinski definition) is 3. The summed E-state index contributed by atoms with van der Waals surface area (Å²) in [6.07, 6.45) is 0. The van der Waals surface area contributed by atoms with Crippen molar-refractivity contribution in [1.82, 2.24) is 0 Å². The summed E-state index contributed by atoms with van der Waals surface area (Å²) in [6, 6.07) is 7.61. The van der Waals surface area contributed by atoms with Crippen molar-refractivity contribution in [2.75, 3.05) is 7.11 Å². The quantitative estimate of drug-likeness (QED) is 0.773. The van der Waals surface area contributed by atoms with Crippen molar-refractivity contribution in [1.29, 1.82) is 0 Å². The summed E-state index contributed by atoms with van der Waals surface area (Å²) in [7, 11) is 1.59. The molecule has 2 rings (SSSR count). The smallest absolute Gasteiger partial charge is 0.207 e. The first-order valence-electron chi connectivity index (χ1n) is 5.37. The SMILES string of the molecule is COc1ccsc1C(=O)c1cccc(C)c1C. The summed E-state index contributed by atoms with van der Waals surface area (Å²) >= 11 is 1.42. The van der Waals surface area contributed by atoms with Crippen molar-refractivity contribution in [2.45, 2.75) is 13.8 Å². The number of carbonyl (C=O) groups is 1. The van der Waals surface area contributed by atoms with E-state index in [0.29, 0.717) is 10.6 Å². The summed E-state index contributed by atoms with van der Waals surface area (Å²) in [4.78, 5) is 13.1. The van der Waals surface area contributed by atoms with Crippen LogP contribution < -0.4 is 4.74 Å². The lowest BCUT2D eigenvalue weighted by atomic mass is 9.99. The van der Waals surface area contributed by atoms with Gasteiger partial charge in [-0.3, -0.25) is 4.79 Å². The maximum atomic E-state index is 12.4. The molecule has 0 aliphatic rings. The third kappa shape index (κ3) is 2.11. The molecule has 0 unspecified atom stereocenters. The molecule has 2 aromatic rings. The lowest BCUT2D eigenvalue weighted by Gasteiger charge is -2.07. The Bertz CT molecular complexity index is 555. The highest BCUT2D eigenvalue weighted by molar-refractivity contribution is 7.12. The average Bonchev–Trinajstić information content (AvgIpc) is 2.80. The van der Waals surface area contributed by atoms with Gasteiger partial charge in [-0.25, -0.2) is 0 Å². The number of methoxy groups -OCH3 is 1. The molecule has 0 fully saturated rings. The molecule has 0 radical (unpaired) electrons. The van der Waals surface area contributed by atoms with Crippen molar-refractivity contribution in [3.05, 3.63) is 51.2 Å². The number of ketones is 1. The Morgan fingerprint density at radius 1 is 1.24 bits per heavy atom. The number of rotatable bonds is 3. The van der Waals surface area contributed by atoms with Crippen molar-refractivity contribution < 1.29 is 9.53 Å². The molecule has 2 nitrogen and oxygen atoms in total. The molecule has 0 amide bonds. The Morgan fingerprint density at radius 2 is 2.00 bits per heavy atom. The van der Waals surface area contributed by atoms with Crippen molar-refractivity contribution in [3.8, 4) is 5.75 Å². The Balaban J connectivity index is 2.48. The van der Waals surface area contributed by atoms with E-state index in [1.807, 2.05) is 43.5 Å². The first-order chi connectivity index (χ1) is 8.15. The Morgan fingerprint density at radius 3 is 2.71 bits per heavy atom. The second kappa shape index (κ2) is 4.72. The van der Waals surface area contributed by atoms with Gasteiger partial charge in [-0.15, -0.1) is 11.3 Å². The van der Waals surface area contributed by atoms with Crippen LogP contribution in [0, 0.1) is 13.8 Å². The molecule has 0 saturated carbocycles. The minimum atomic E-state index is 0.0399. The van der Waals surface area contributed by atoms with Gasteiger partial charge in [0.1, 0.15) is 10.6 Å². The molecule has 0 N–H and O–H groups in total. The highest BCUT2D eigenvalue weighted by atomic mass is 32.1. The third-order valence-corrected chi connectivity index (χ3v) is 3.80. The van der Waals surface area contributed by atoms with Crippen LogP contribution in [0.5, 0.6) is 5.75 Å². The van der Waals surface area contributed by atoms with E-state index in [1.165, 1.54) is 11.3 Å². The second-order valence-electron chi connectivity index (χ2n) is 3.89. The number of ether oxygens (including phenoxy) is 1. The van der Waals surface area contributed by atoms with Gasteiger partial charge < -0.3 is 4.74 Å². The highest BCUT2D eigenvalue weighted by Crippen LogP contribution is 2.28. The normalized spacial score (nSPS) is 10.3. The van der Waals surface area contributed by atoms with E-state index in [4.69, 9.17) is 4.74 Å². The first-order valence-corrected chi connectivity index (χ1v) is 6.25. The van der Waals surface area contributed by atoms with Gasteiger partial charge in [-0.2, -0.15) is 0 Å². The average molecular weight is 246 g/mol. The van der Waals surface area contributed by atoms with E-state index in [9.17, 15) is 4.79 Å². The molecule has 0 atom stereocenters. The van der Waals surface area contributed by atoms with Crippen LogP contribution in [0.4, 0.5) is 0 Å². The third-order valence-electron chi connectivity index (χ3n) is 2.90. The molecular formula is C14H14O2S. The number of aryl methyl sites for hydroxylation is 1. The Kier molecular flexibility index (Phi) is 3.29.